The van der Waals surface area contributed by atoms with E-state index in [0.29, 0.717) is 31.2 Å². The van der Waals surface area contributed by atoms with Gasteiger partial charge in [-0.15, -0.1) is 0 Å². The van der Waals surface area contributed by atoms with Crippen LogP contribution in [0.1, 0.15) is 24.3 Å². The minimum absolute atomic E-state index is 0.182. The van der Waals surface area contributed by atoms with E-state index in [2.05, 4.69) is 5.32 Å². The lowest BCUT2D eigenvalue weighted by atomic mass is 10.2. The zero-order valence-electron chi connectivity index (χ0n) is 14.4. The molecule has 25 heavy (non-hydrogen) atoms. The van der Waals surface area contributed by atoms with Crippen molar-refractivity contribution in [2.45, 2.75) is 19.5 Å². The average Bonchev–Trinajstić information content (AvgIpc) is 3.29. The monoisotopic (exact) mass is 346 g/mol. The van der Waals surface area contributed by atoms with Crippen molar-refractivity contribution in [3.8, 4) is 11.5 Å². The summed E-state index contributed by atoms with van der Waals surface area (Å²) in [6, 6.07) is 8.91. The highest BCUT2D eigenvalue weighted by molar-refractivity contribution is 5.74. The van der Waals surface area contributed by atoms with Crippen molar-refractivity contribution in [2.75, 3.05) is 27.1 Å². The number of nitrogens with zero attached hydrogens (tertiary/aromatic N) is 1. The summed E-state index contributed by atoms with van der Waals surface area (Å²) in [6.07, 6.45) is 1.59. The molecule has 134 valence electrons. The number of urea groups is 1. The molecule has 1 unspecified atom stereocenters. The van der Waals surface area contributed by atoms with Crippen molar-refractivity contribution >= 4 is 6.03 Å². The Hall–Kier alpha value is -2.67. The third kappa shape index (κ3) is 4.24. The van der Waals surface area contributed by atoms with E-state index in [1.165, 1.54) is 0 Å². The summed E-state index contributed by atoms with van der Waals surface area (Å²) >= 11 is 0. The summed E-state index contributed by atoms with van der Waals surface area (Å²) in [5, 5.41) is 2.95. The van der Waals surface area contributed by atoms with E-state index in [-0.39, 0.29) is 18.9 Å². The van der Waals surface area contributed by atoms with Gasteiger partial charge in [-0.2, -0.15) is 0 Å². The number of hydrogen-bond donors (Lipinski definition) is 1. The van der Waals surface area contributed by atoms with Crippen molar-refractivity contribution in [1.29, 1.82) is 0 Å². The molecule has 2 heterocycles. The van der Waals surface area contributed by atoms with Gasteiger partial charge in [-0.05, 0) is 36.8 Å². The SMILES string of the molecule is COCCN(Cc1ccc2c(c1)OCO2)C(=O)NC(C)c1ccco1. The van der Waals surface area contributed by atoms with Gasteiger partial charge in [0, 0.05) is 20.2 Å². The number of benzene rings is 1. The summed E-state index contributed by atoms with van der Waals surface area (Å²) in [5.74, 6) is 2.14. The quantitative estimate of drug-likeness (QED) is 0.834. The molecule has 0 fully saturated rings. The molecule has 7 nitrogen and oxygen atoms in total. The number of methoxy groups -OCH3 is 1. The normalized spacial score (nSPS) is 13.5. The van der Waals surface area contributed by atoms with Gasteiger partial charge in [0.25, 0.3) is 0 Å². The molecule has 1 N–H and O–H groups in total. The van der Waals surface area contributed by atoms with Crippen LogP contribution in [0.5, 0.6) is 11.5 Å². The number of hydrogen-bond acceptors (Lipinski definition) is 5. The molecule has 1 aliphatic heterocycles. The first-order valence-corrected chi connectivity index (χ1v) is 8.13. The summed E-state index contributed by atoms with van der Waals surface area (Å²) in [6.45, 7) is 3.48. The topological polar surface area (TPSA) is 73.2 Å². The molecule has 1 aromatic heterocycles. The fourth-order valence-electron chi connectivity index (χ4n) is 2.60. The summed E-state index contributed by atoms with van der Waals surface area (Å²) in [5.41, 5.74) is 0.959. The Morgan fingerprint density at radius 3 is 2.92 bits per heavy atom. The summed E-state index contributed by atoms with van der Waals surface area (Å²) in [4.78, 5) is 14.3. The van der Waals surface area contributed by atoms with Crippen molar-refractivity contribution in [2.24, 2.45) is 0 Å². The standard InChI is InChI=1S/C18H22N2O5/c1-13(15-4-3-8-23-15)19-18(21)20(7-9-22-2)11-14-5-6-16-17(10-14)25-12-24-16/h3-6,8,10,13H,7,9,11-12H2,1-2H3,(H,19,21). The molecule has 2 amide bonds. The first-order chi connectivity index (χ1) is 12.2. The molecule has 0 bridgehead atoms. The maximum Gasteiger partial charge on any atom is 0.318 e. The van der Waals surface area contributed by atoms with Gasteiger partial charge in [0.15, 0.2) is 11.5 Å². The van der Waals surface area contributed by atoms with Crippen LogP contribution in [0.3, 0.4) is 0 Å². The Bertz CT molecular complexity index is 701. The van der Waals surface area contributed by atoms with Crippen LogP contribution in [0.4, 0.5) is 4.79 Å². The van der Waals surface area contributed by atoms with E-state index in [1.54, 1.807) is 24.3 Å². The Morgan fingerprint density at radius 2 is 2.16 bits per heavy atom. The smallest absolute Gasteiger partial charge is 0.318 e. The number of carbonyl (C=O) groups excluding carboxylic acids is 1. The number of rotatable bonds is 7. The average molecular weight is 346 g/mol. The van der Waals surface area contributed by atoms with Crippen LogP contribution >= 0.6 is 0 Å². The van der Waals surface area contributed by atoms with Crippen LogP contribution in [0.15, 0.2) is 41.0 Å². The Morgan fingerprint density at radius 1 is 1.32 bits per heavy atom. The third-order valence-electron chi connectivity index (χ3n) is 3.97. The Balaban J connectivity index is 1.67. The highest BCUT2D eigenvalue weighted by atomic mass is 16.7. The van der Waals surface area contributed by atoms with Crippen LogP contribution in [0.2, 0.25) is 0 Å². The van der Waals surface area contributed by atoms with Gasteiger partial charge >= 0.3 is 6.03 Å². The lowest BCUT2D eigenvalue weighted by Crippen LogP contribution is -2.42. The highest BCUT2D eigenvalue weighted by Gasteiger charge is 2.20. The molecule has 1 aromatic carbocycles. The molecule has 2 aromatic rings. The van der Waals surface area contributed by atoms with Crippen molar-refractivity contribution in [3.63, 3.8) is 0 Å². The molecule has 0 saturated carbocycles. The molecule has 1 aliphatic rings. The number of ether oxygens (including phenoxy) is 3. The second-order valence-corrected chi connectivity index (χ2v) is 5.79. The summed E-state index contributed by atoms with van der Waals surface area (Å²) in [7, 11) is 1.61. The fraction of sp³-hybridized carbons (Fsp3) is 0.389. The van der Waals surface area contributed by atoms with Gasteiger partial charge in [0.2, 0.25) is 6.79 Å². The second-order valence-electron chi connectivity index (χ2n) is 5.79. The maximum atomic E-state index is 12.7. The van der Waals surface area contributed by atoms with Crippen molar-refractivity contribution < 1.29 is 23.4 Å². The van der Waals surface area contributed by atoms with Crippen molar-refractivity contribution in [3.05, 3.63) is 47.9 Å². The Labute approximate surface area is 146 Å². The number of fused-ring (bicyclic) bond motifs is 1. The number of furan rings is 1. The fourth-order valence-corrected chi connectivity index (χ4v) is 2.60. The van der Waals surface area contributed by atoms with Gasteiger partial charge < -0.3 is 28.8 Å². The second kappa shape index (κ2) is 7.94. The molecular weight excluding hydrogens is 324 g/mol. The molecule has 1 atom stereocenters. The third-order valence-corrected chi connectivity index (χ3v) is 3.97. The van der Waals surface area contributed by atoms with E-state index < -0.39 is 0 Å². The van der Waals surface area contributed by atoms with Gasteiger partial charge in [-0.25, -0.2) is 4.79 Å². The van der Waals surface area contributed by atoms with E-state index in [0.717, 1.165) is 11.3 Å². The maximum absolute atomic E-state index is 12.7. The van der Waals surface area contributed by atoms with E-state index >= 15 is 0 Å². The van der Waals surface area contributed by atoms with Gasteiger partial charge in [0.1, 0.15) is 5.76 Å². The first kappa shape index (κ1) is 17.2. The van der Waals surface area contributed by atoms with Crippen molar-refractivity contribution in [1.82, 2.24) is 10.2 Å². The molecule has 3 rings (SSSR count). The molecule has 7 heteroatoms. The van der Waals surface area contributed by atoms with Gasteiger partial charge in [-0.3, -0.25) is 0 Å². The van der Waals surface area contributed by atoms with Crippen LogP contribution < -0.4 is 14.8 Å². The minimum atomic E-state index is -0.218. The van der Waals surface area contributed by atoms with Gasteiger partial charge in [0.05, 0.1) is 18.9 Å². The molecule has 0 aliphatic carbocycles. The largest absolute Gasteiger partial charge is 0.467 e. The van der Waals surface area contributed by atoms with E-state index in [1.807, 2.05) is 31.2 Å². The number of nitrogens with one attached hydrogen (secondary N) is 1. The Kier molecular flexibility index (Phi) is 5.45. The lowest BCUT2D eigenvalue weighted by Gasteiger charge is -2.24. The van der Waals surface area contributed by atoms with E-state index in [4.69, 9.17) is 18.6 Å². The molecule has 0 saturated heterocycles. The minimum Gasteiger partial charge on any atom is -0.467 e. The predicted octanol–water partition coefficient (Wildman–Crippen LogP) is 2.93. The predicted molar refractivity (Wildman–Crippen MR) is 90.5 cm³/mol. The summed E-state index contributed by atoms with van der Waals surface area (Å²) < 4.78 is 21.2. The first-order valence-electron chi connectivity index (χ1n) is 8.13. The lowest BCUT2D eigenvalue weighted by molar-refractivity contribution is 0.144. The van der Waals surface area contributed by atoms with Crippen LogP contribution in [0.25, 0.3) is 0 Å². The number of amides is 2. The van der Waals surface area contributed by atoms with E-state index in [9.17, 15) is 4.79 Å². The zero-order chi connectivity index (χ0) is 17.6. The van der Waals surface area contributed by atoms with Crippen LogP contribution in [-0.2, 0) is 11.3 Å². The molecule has 0 radical (unpaired) electrons. The number of carbonyl (C=O) groups is 1. The van der Waals surface area contributed by atoms with Gasteiger partial charge in [-0.1, -0.05) is 6.07 Å². The highest BCUT2D eigenvalue weighted by Crippen LogP contribution is 2.32. The van der Waals surface area contributed by atoms with Crippen LogP contribution in [0, 0.1) is 0 Å². The zero-order valence-corrected chi connectivity index (χ0v) is 14.4. The molecule has 0 spiro atoms. The molecular formula is C18H22N2O5. The van der Waals surface area contributed by atoms with Crippen LogP contribution in [-0.4, -0.2) is 38.0 Å².